The number of nitrogens with one attached hydrogen (secondary N) is 1. The molecule has 22 nitrogen and oxygen atoms in total. The van der Waals surface area contributed by atoms with Crippen molar-refractivity contribution in [2.24, 2.45) is 17.8 Å². The number of carboxylic acids is 1. The van der Waals surface area contributed by atoms with Crippen molar-refractivity contribution in [3.05, 3.63) is 109 Å². The highest BCUT2D eigenvalue weighted by Crippen LogP contribution is 2.39. The Morgan fingerprint density at radius 1 is 0.718 bits per heavy atom. The van der Waals surface area contributed by atoms with E-state index in [0.717, 1.165) is 0 Å². The lowest BCUT2D eigenvalue weighted by Crippen LogP contribution is -2.64. The number of fused-ring (bicyclic) bond motifs is 3. The van der Waals surface area contributed by atoms with E-state index in [2.05, 4.69) is 4.72 Å². The molecule has 434 valence electrons. The van der Waals surface area contributed by atoms with Crippen molar-refractivity contribution < 1.29 is 103 Å². The summed E-state index contributed by atoms with van der Waals surface area (Å²) < 4.78 is 58.5. The van der Waals surface area contributed by atoms with Gasteiger partial charge in [-0.25, -0.2) is 13.1 Å². The summed E-state index contributed by atoms with van der Waals surface area (Å²) in [6.45, 7) is 6.57. The molecule has 13 N–H and O–H groups in total. The summed E-state index contributed by atoms with van der Waals surface area (Å²) in [4.78, 5) is 25.1. The van der Waals surface area contributed by atoms with Crippen LogP contribution in [-0.2, 0) is 44.9 Å². The molecule has 2 fully saturated rings. The molecule has 0 aliphatic carbocycles. The first kappa shape index (κ1) is 64.4. The first-order valence-corrected chi connectivity index (χ1v) is 27.7. The highest BCUT2D eigenvalue weighted by atomic mass is 32.2. The molecule has 19 atom stereocenters. The molecule has 0 radical (unpaired) electrons. The molecule has 4 heterocycles. The van der Waals surface area contributed by atoms with Crippen LogP contribution < -0.4 is 9.38 Å². The third kappa shape index (κ3) is 19.1. The van der Waals surface area contributed by atoms with Crippen molar-refractivity contribution in [3.8, 4) is 5.75 Å². The van der Waals surface area contributed by atoms with Crippen molar-refractivity contribution in [3.63, 3.8) is 0 Å². The predicted molar refractivity (Wildman–Crippen MR) is 282 cm³/mol. The standard InChI is InChI=1S/C54H78BNO21S/c1-31-17-15-13-11-9-7-5-6-8-10-12-14-16-18-39(75-53-51(66)48(50(65)34(4)74-53)56-78(71,72)40-21-19-35-30-55(70)77-44(35)27-40)26-45-47(52(67)68)43(62)29-54(69,76-45)28-38(59)24-42(61)41(60)22-20-36(57)23-37(58)25-46(63)73-33(3)32(2)49(31)64/h5-19,21,27,31-34,36-39,41-43,45,47-51,53,56-62,64-66,69-70H,20,22-26,28-30H2,1-4H3,(H,67,68)/b6-5+,9-7+,10-8+,13-11+,14-12+,17-15+,18-16+/t31-,32-,33-,34+,36+,37+,38-,39-,41+,42+,43-,45-,47+,48-,49+,50+,51-,53-,54+/m0/s1. The van der Waals surface area contributed by atoms with Crippen molar-refractivity contribution in [1.82, 2.24) is 4.72 Å². The number of ether oxygens (including phenoxy) is 4. The van der Waals surface area contributed by atoms with E-state index in [1.807, 2.05) is 6.92 Å². The number of aliphatic hydroxyl groups excluding tert-OH is 9. The summed E-state index contributed by atoms with van der Waals surface area (Å²) in [6, 6.07) is 2.26. The lowest BCUT2D eigenvalue weighted by Gasteiger charge is -2.45. The Morgan fingerprint density at radius 3 is 1.96 bits per heavy atom. The lowest BCUT2D eigenvalue weighted by atomic mass is 9.82. The molecule has 0 amide bonds. The number of allylic oxidation sites excluding steroid dienone is 12. The van der Waals surface area contributed by atoms with Gasteiger partial charge in [0.2, 0.25) is 10.0 Å². The van der Waals surface area contributed by atoms with Crippen LogP contribution in [0.1, 0.15) is 84.6 Å². The van der Waals surface area contributed by atoms with Gasteiger partial charge < -0.3 is 84.8 Å². The molecule has 0 unspecified atom stereocenters. The number of esters is 1. The zero-order valence-corrected chi connectivity index (χ0v) is 44.9. The van der Waals surface area contributed by atoms with Crippen LogP contribution in [0.2, 0.25) is 0 Å². The molecule has 0 spiro atoms. The minimum absolute atomic E-state index is 0.129. The predicted octanol–water partition coefficient (Wildman–Crippen LogP) is 0.686. The molecule has 0 saturated carbocycles. The van der Waals surface area contributed by atoms with E-state index in [-0.39, 0.29) is 42.1 Å². The number of carboxylic acid groups (broad SMARTS) is 1. The van der Waals surface area contributed by atoms with E-state index in [1.165, 1.54) is 37.3 Å². The minimum Gasteiger partial charge on any atom is -0.536 e. The molecule has 4 aliphatic heterocycles. The summed E-state index contributed by atoms with van der Waals surface area (Å²) in [5.74, 6) is -7.09. The summed E-state index contributed by atoms with van der Waals surface area (Å²) in [5.41, 5.74) is 0.562. The molecule has 0 aromatic heterocycles. The van der Waals surface area contributed by atoms with Gasteiger partial charge >= 0.3 is 19.1 Å². The number of hydrogen-bond donors (Lipinski definition) is 13. The highest BCUT2D eigenvalue weighted by molar-refractivity contribution is 7.89. The Hall–Kier alpha value is -4.45. The monoisotopic (exact) mass is 1120 g/mol. The first-order chi connectivity index (χ1) is 36.8. The highest BCUT2D eigenvalue weighted by Gasteiger charge is 2.51. The van der Waals surface area contributed by atoms with Gasteiger partial charge in [-0.05, 0) is 50.8 Å². The number of carbonyl (C=O) groups is 2. The maximum Gasteiger partial charge on any atom is 0.527 e. The number of rotatable bonds is 6. The van der Waals surface area contributed by atoms with Crippen LogP contribution in [0, 0.1) is 17.8 Å². The maximum absolute atomic E-state index is 13.7. The molecule has 5 rings (SSSR count). The van der Waals surface area contributed by atoms with E-state index in [0.29, 0.717) is 5.56 Å². The number of aliphatic hydroxyl groups is 10. The van der Waals surface area contributed by atoms with Crippen LogP contribution in [0.15, 0.2) is 108 Å². The van der Waals surface area contributed by atoms with Crippen LogP contribution >= 0.6 is 0 Å². The fourth-order valence-corrected chi connectivity index (χ4v) is 11.0. The zero-order valence-electron chi connectivity index (χ0n) is 44.1. The number of carbonyl (C=O) groups excluding carboxylic acids is 1. The molecule has 1 aromatic rings. The summed E-state index contributed by atoms with van der Waals surface area (Å²) >= 11 is 0. The molecular weight excluding hydrogens is 1040 g/mol. The second-order valence-electron chi connectivity index (χ2n) is 20.7. The Bertz CT molecular complexity index is 2430. The number of sulfonamides is 1. The summed E-state index contributed by atoms with van der Waals surface area (Å²) in [6.07, 6.45) is 0.214. The number of aliphatic carboxylic acids is 1. The molecule has 2 saturated heterocycles. The second-order valence-corrected chi connectivity index (χ2v) is 22.4. The van der Waals surface area contributed by atoms with Crippen molar-refractivity contribution in [2.45, 2.75) is 188 Å². The quantitative estimate of drug-likeness (QED) is 0.138. The van der Waals surface area contributed by atoms with Gasteiger partial charge in [-0.1, -0.05) is 105 Å². The summed E-state index contributed by atoms with van der Waals surface area (Å²) in [7, 11) is -5.66. The molecule has 24 heteroatoms. The smallest absolute Gasteiger partial charge is 0.527 e. The topological polar surface area (TPSA) is 369 Å². The van der Waals surface area contributed by atoms with E-state index >= 15 is 0 Å². The first-order valence-electron chi connectivity index (χ1n) is 26.2. The van der Waals surface area contributed by atoms with E-state index in [9.17, 15) is 79.2 Å². The van der Waals surface area contributed by atoms with Crippen LogP contribution in [0.5, 0.6) is 5.75 Å². The van der Waals surface area contributed by atoms with Crippen LogP contribution in [-0.4, -0.2) is 186 Å². The van der Waals surface area contributed by atoms with Gasteiger partial charge in [-0.2, -0.15) is 0 Å². The SMILES string of the molecule is C[C@@H]1[C@H](O)[C@@H](C)/C=C/C=C/C=C/C=C/C=C/C=C/C=C/[C@H](O[C@@H]2O[C@H](C)[C@@H](O)[C@H](NS(=O)(=O)c3ccc4c(c3)OB(O)C4)[C@@H]2O)C[C@@H]2O[C@](O)(C[C@@H](O)C[C@@H](O)[C@H](O)CC[C@@H](O)C[C@@H](O)CC(=O)O[C@H]1C)C[C@H](O)[C@H]2C(=O)O. The average molecular weight is 1120 g/mol. The Balaban J connectivity index is 1.38. The van der Waals surface area contributed by atoms with Crippen LogP contribution in [0.25, 0.3) is 0 Å². The normalized spacial score (nSPS) is 40.7. The number of hydrogen-bond acceptors (Lipinski definition) is 20. The number of benzene rings is 1. The van der Waals surface area contributed by atoms with E-state index in [1.54, 1.807) is 86.8 Å². The third-order valence-corrected chi connectivity index (χ3v) is 15.7. The largest absolute Gasteiger partial charge is 0.536 e. The van der Waals surface area contributed by atoms with Crippen LogP contribution in [0.3, 0.4) is 0 Å². The van der Waals surface area contributed by atoms with Crippen molar-refractivity contribution in [1.29, 1.82) is 0 Å². The van der Waals surface area contributed by atoms with E-state index in [4.69, 9.17) is 23.6 Å². The van der Waals surface area contributed by atoms with Gasteiger partial charge in [-0.15, -0.1) is 0 Å². The van der Waals surface area contributed by atoms with Gasteiger partial charge in [-0.3, -0.25) is 9.59 Å². The zero-order chi connectivity index (χ0) is 57.5. The molecular formula is C54H78BNO21S. The van der Waals surface area contributed by atoms with Crippen molar-refractivity contribution in [2.75, 3.05) is 0 Å². The molecule has 4 aliphatic rings. The fourth-order valence-electron chi connectivity index (χ4n) is 9.68. The maximum atomic E-state index is 13.7. The van der Waals surface area contributed by atoms with Crippen LogP contribution in [0.4, 0.5) is 0 Å². The lowest BCUT2D eigenvalue weighted by molar-refractivity contribution is -0.308. The van der Waals surface area contributed by atoms with Gasteiger partial charge in [0.1, 0.15) is 23.9 Å². The second kappa shape index (κ2) is 29.9. The van der Waals surface area contributed by atoms with Gasteiger partial charge in [0.25, 0.3) is 0 Å². The Morgan fingerprint density at radius 2 is 1.33 bits per heavy atom. The Kier molecular flexibility index (Phi) is 24.6. The number of cyclic esters (lactones) is 1. The molecule has 78 heavy (non-hydrogen) atoms. The Labute approximate surface area is 455 Å². The van der Waals surface area contributed by atoms with Gasteiger partial charge in [0.15, 0.2) is 12.1 Å². The molecule has 1 aromatic carbocycles. The molecule has 2 bridgehead atoms. The summed E-state index contributed by atoms with van der Waals surface area (Å²) in [5, 5.41) is 131. The third-order valence-electron chi connectivity index (χ3n) is 14.3. The fraction of sp³-hybridized carbons (Fsp3) is 0.593. The average Bonchev–Trinajstić information content (AvgIpc) is 3.80. The van der Waals surface area contributed by atoms with Gasteiger partial charge in [0, 0.05) is 43.8 Å². The van der Waals surface area contributed by atoms with Gasteiger partial charge in [0.05, 0.1) is 84.5 Å². The van der Waals surface area contributed by atoms with Crippen molar-refractivity contribution >= 4 is 29.1 Å². The minimum atomic E-state index is -4.49. The van der Waals surface area contributed by atoms with E-state index < -0.39 is 170 Å².